The molecule has 0 saturated heterocycles. The Bertz CT molecular complexity index is 1050. The largest absolute Gasteiger partial charge is 0.494 e. The number of aromatic nitrogens is 2. The van der Waals surface area contributed by atoms with E-state index in [2.05, 4.69) is 28.7 Å². The highest BCUT2D eigenvalue weighted by molar-refractivity contribution is 6.01. The summed E-state index contributed by atoms with van der Waals surface area (Å²) in [6.07, 6.45) is 3.25. The topological polar surface area (TPSA) is 70.7 Å². The van der Waals surface area contributed by atoms with Crippen LogP contribution < -0.4 is 5.56 Å². The average molecular weight is 378 g/mol. The van der Waals surface area contributed by atoms with Crippen molar-refractivity contribution in [2.75, 3.05) is 27.2 Å². The fourth-order valence-corrected chi connectivity index (χ4v) is 3.48. The smallest absolute Gasteiger partial charge is 0.267 e. The molecule has 0 unspecified atom stereocenters. The van der Waals surface area contributed by atoms with Gasteiger partial charge in [-0.1, -0.05) is 38.1 Å². The van der Waals surface area contributed by atoms with Crippen LogP contribution in [0.25, 0.3) is 16.6 Å². The number of aliphatic imine (C=N–C) groups is 1. The highest BCUT2D eigenvalue weighted by atomic mass is 16.3. The van der Waals surface area contributed by atoms with E-state index in [1.165, 1.54) is 4.57 Å². The Balaban J connectivity index is 2.12. The van der Waals surface area contributed by atoms with E-state index in [9.17, 15) is 9.90 Å². The summed E-state index contributed by atoms with van der Waals surface area (Å²) >= 11 is 0. The minimum absolute atomic E-state index is 0.0130. The number of nitrogens with zero attached hydrogens (tertiary/aromatic N) is 4. The van der Waals surface area contributed by atoms with Crippen LogP contribution in [0.15, 0.2) is 58.4 Å². The first-order chi connectivity index (χ1) is 13.3. The number of hydrogen-bond donors (Lipinski definition) is 1. The van der Waals surface area contributed by atoms with Gasteiger partial charge in [0.25, 0.3) is 5.56 Å². The zero-order valence-corrected chi connectivity index (χ0v) is 16.8. The molecule has 0 atom stereocenters. The summed E-state index contributed by atoms with van der Waals surface area (Å²) in [6.45, 7) is 5.79. The quantitative estimate of drug-likeness (QED) is 0.669. The normalized spacial score (nSPS) is 12.3. The molecule has 146 valence electrons. The van der Waals surface area contributed by atoms with Crippen molar-refractivity contribution in [1.82, 2.24) is 14.5 Å². The first kappa shape index (κ1) is 19.8. The van der Waals surface area contributed by atoms with E-state index in [-0.39, 0.29) is 16.9 Å². The first-order valence-corrected chi connectivity index (χ1v) is 9.23. The molecule has 0 aliphatic heterocycles. The molecular weight excluding hydrogens is 352 g/mol. The maximum atomic E-state index is 13.0. The molecule has 2 heterocycles. The predicted molar refractivity (Wildman–Crippen MR) is 114 cm³/mol. The minimum Gasteiger partial charge on any atom is -0.494 e. The van der Waals surface area contributed by atoms with E-state index in [4.69, 9.17) is 0 Å². The summed E-state index contributed by atoms with van der Waals surface area (Å²) in [7, 11) is 4.07. The molecule has 2 aromatic heterocycles. The molecule has 0 spiro atoms. The number of benzene rings is 1. The molecule has 6 heteroatoms. The van der Waals surface area contributed by atoms with Gasteiger partial charge < -0.3 is 10.0 Å². The Hall–Kier alpha value is -2.99. The number of fused-ring (bicyclic) bond motifs is 1. The van der Waals surface area contributed by atoms with Crippen LogP contribution in [-0.2, 0) is 0 Å². The van der Waals surface area contributed by atoms with Crippen LogP contribution in [0, 0.1) is 5.41 Å². The molecule has 28 heavy (non-hydrogen) atoms. The number of aromatic hydroxyl groups is 1. The summed E-state index contributed by atoms with van der Waals surface area (Å²) in [5.74, 6) is 0.218. The van der Waals surface area contributed by atoms with Gasteiger partial charge >= 0.3 is 0 Å². The van der Waals surface area contributed by atoms with Crippen molar-refractivity contribution in [3.63, 3.8) is 0 Å². The fourth-order valence-electron chi connectivity index (χ4n) is 3.48. The van der Waals surface area contributed by atoms with Crippen molar-refractivity contribution >= 4 is 17.0 Å². The average Bonchev–Trinajstić information content (AvgIpc) is 2.64. The van der Waals surface area contributed by atoms with Crippen molar-refractivity contribution in [3.05, 3.63) is 64.6 Å². The summed E-state index contributed by atoms with van der Waals surface area (Å²) in [5.41, 5.74) is 0.194. The maximum absolute atomic E-state index is 13.0. The van der Waals surface area contributed by atoms with Crippen molar-refractivity contribution in [2.45, 2.75) is 13.8 Å². The second-order valence-electron chi connectivity index (χ2n) is 7.98. The van der Waals surface area contributed by atoms with Gasteiger partial charge in [-0.15, -0.1) is 0 Å². The van der Waals surface area contributed by atoms with Crippen molar-refractivity contribution in [1.29, 1.82) is 0 Å². The third-order valence-electron chi connectivity index (χ3n) is 4.47. The summed E-state index contributed by atoms with van der Waals surface area (Å²) in [6, 6.07) is 12.5. The second kappa shape index (κ2) is 7.94. The van der Waals surface area contributed by atoms with E-state index in [1.807, 2.05) is 32.3 Å². The molecule has 0 amide bonds. The van der Waals surface area contributed by atoms with Crippen LogP contribution in [0.3, 0.4) is 0 Å². The van der Waals surface area contributed by atoms with Gasteiger partial charge in [0.1, 0.15) is 5.82 Å². The SMILES string of the molecule is CN(C)CC(C)(C)CN=Cc1c(O)n(-c2ccccn2)c(=O)c2ccccc12. The molecule has 0 aliphatic carbocycles. The maximum Gasteiger partial charge on any atom is 0.267 e. The van der Waals surface area contributed by atoms with E-state index in [0.717, 1.165) is 6.54 Å². The lowest BCUT2D eigenvalue weighted by molar-refractivity contribution is 0.249. The molecule has 1 aromatic carbocycles. The van der Waals surface area contributed by atoms with Crippen LogP contribution in [0.2, 0.25) is 0 Å². The first-order valence-electron chi connectivity index (χ1n) is 9.23. The van der Waals surface area contributed by atoms with Gasteiger partial charge in [-0.2, -0.15) is 0 Å². The lowest BCUT2D eigenvalue weighted by Crippen LogP contribution is -2.31. The van der Waals surface area contributed by atoms with Crippen LogP contribution >= 0.6 is 0 Å². The van der Waals surface area contributed by atoms with E-state index in [1.54, 1.807) is 36.7 Å². The van der Waals surface area contributed by atoms with Gasteiger partial charge in [0.15, 0.2) is 0 Å². The van der Waals surface area contributed by atoms with Gasteiger partial charge in [-0.3, -0.25) is 9.79 Å². The van der Waals surface area contributed by atoms with Gasteiger partial charge in [0, 0.05) is 36.3 Å². The molecular formula is C22H26N4O2. The summed E-state index contributed by atoms with van der Waals surface area (Å²) < 4.78 is 1.23. The minimum atomic E-state index is -0.308. The molecule has 0 saturated carbocycles. The standard InChI is InChI=1S/C22H26N4O2/c1-22(2,15-25(3)4)14-23-13-18-16-9-5-6-10-17(16)20(27)26(21(18)28)19-11-7-8-12-24-19/h5-13,28H,14-15H2,1-4H3. The molecule has 3 rings (SSSR count). The van der Waals surface area contributed by atoms with Crippen LogP contribution in [0.1, 0.15) is 19.4 Å². The van der Waals surface area contributed by atoms with Gasteiger partial charge in [0.05, 0.1) is 5.56 Å². The zero-order valence-electron chi connectivity index (χ0n) is 16.8. The predicted octanol–water partition coefficient (Wildman–Crippen LogP) is 3.10. The van der Waals surface area contributed by atoms with Crippen molar-refractivity contribution in [2.24, 2.45) is 10.4 Å². The molecule has 0 aliphatic rings. The van der Waals surface area contributed by atoms with E-state index < -0.39 is 0 Å². The van der Waals surface area contributed by atoms with Crippen LogP contribution in [-0.4, -0.2) is 53.0 Å². The van der Waals surface area contributed by atoms with Gasteiger partial charge in [-0.05, 0) is 37.7 Å². The third kappa shape index (κ3) is 4.12. The van der Waals surface area contributed by atoms with Crippen LogP contribution in [0.4, 0.5) is 0 Å². The van der Waals surface area contributed by atoms with Crippen molar-refractivity contribution < 1.29 is 5.11 Å². The number of rotatable bonds is 6. The molecule has 0 bridgehead atoms. The lowest BCUT2D eigenvalue weighted by Gasteiger charge is -2.26. The molecule has 3 aromatic rings. The monoisotopic (exact) mass is 378 g/mol. The van der Waals surface area contributed by atoms with Gasteiger partial charge in [0.2, 0.25) is 5.88 Å². The van der Waals surface area contributed by atoms with Gasteiger partial charge in [-0.25, -0.2) is 9.55 Å². The van der Waals surface area contributed by atoms with E-state index >= 15 is 0 Å². The summed E-state index contributed by atoms with van der Waals surface area (Å²) in [5, 5.41) is 12.1. The van der Waals surface area contributed by atoms with Crippen molar-refractivity contribution in [3.8, 4) is 11.7 Å². The summed E-state index contributed by atoms with van der Waals surface area (Å²) in [4.78, 5) is 23.9. The number of pyridine rings is 2. The Morgan fingerprint density at radius 2 is 1.82 bits per heavy atom. The molecule has 0 fully saturated rings. The highest BCUT2D eigenvalue weighted by Crippen LogP contribution is 2.25. The Morgan fingerprint density at radius 1 is 1.14 bits per heavy atom. The Kier molecular flexibility index (Phi) is 5.61. The highest BCUT2D eigenvalue weighted by Gasteiger charge is 2.19. The Labute approximate surface area is 164 Å². The second-order valence-corrected chi connectivity index (χ2v) is 7.98. The lowest BCUT2D eigenvalue weighted by atomic mass is 9.93. The Morgan fingerprint density at radius 3 is 2.46 bits per heavy atom. The fraction of sp³-hybridized carbons (Fsp3) is 0.318. The third-order valence-corrected chi connectivity index (χ3v) is 4.47. The van der Waals surface area contributed by atoms with E-state index in [0.29, 0.717) is 28.7 Å². The number of hydrogen-bond acceptors (Lipinski definition) is 5. The molecule has 1 N–H and O–H groups in total. The molecule has 0 radical (unpaired) electrons. The van der Waals surface area contributed by atoms with Crippen LogP contribution in [0.5, 0.6) is 5.88 Å². The zero-order chi connectivity index (χ0) is 20.3. The molecule has 6 nitrogen and oxygen atoms in total.